The molecule has 1 heterocycles. The average molecular weight is 251 g/mol. The van der Waals surface area contributed by atoms with E-state index in [1.165, 1.54) is 6.07 Å². The summed E-state index contributed by atoms with van der Waals surface area (Å²) in [4.78, 5) is 19.0. The van der Waals surface area contributed by atoms with Crippen molar-refractivity contribution < 1.29 is 15.0 Å². The van der Waals surface area contributed by atoms with E-state index in [0.717, 1.165) is 0 Å². The third-order valence-electron chi connectivity index (χ3n) is 3.59. The first-order valence-corrected chi connectivity index (χ1v) is 5.84. The van der Waals surface area contributed by atoms with Crippen LogP contribution in [-0.2, 0) is 0 Å². The third kappa shape index (κ3) is 2.15. The summed E-state index contributed by atoms with van der Waals surface area (Å²) in [5, 5.41) is 21.7. The van der Waals surface area contributed by atoms with Crippen LogP contribution in [0.15, 0.2) is 6.07 Å². The fraction of sp³-hybridized carbons (Fsp3) is 0.583. The van der Waals surface area contributed by atoms with Gasteiger partial charge in [0.05, 0.1) is 6.10 Å². The van der Waals surface area contributed by atoms with Gasteiger partial charge in [-0.25, -0.2) is 14.8 Å². The first kappa shape index (κ1) is 12.8. The number of aromatic carboxylic acids is 1. The number of aliphatic hydroxyl groups excluding tert-OH is 1. The standard InChI is InChI=1S/C12H17N3O3/c1-6-4-7(10(17)18)14-11(13-6)15-8-5-9(16)12(8,2)3/h4,8-9,16H,5H2,1-3H3,(H,17,18)(H,13,14,15). The highest BCUT2D eigenvalue weighted by molar-refractivity contribution is 5.85. The van der Waals surface area contributed by atoms with Gasteiger partial charge in [0.2, 0.25) is 5.95 Å². The monoisotopic (exact) mass is 251 g/mol. The maximum absolute atomic E-state index is 10.9. The van der Waals surface area contributed by atoms with E-state index in [9.17, 15) is 9.90 Å². The van der Waals surface area contributed by atoms with E-state index in [0.29, 0.717) is 18.1 Å². The summed E-state index contributed by atoms with van der Waals surface area (Å²) in [6, 6.07) is 1.48. The largest absolute Gasteiger partial charge is 0.477 e. The van der Waals surface area contributed by atoms with Crippen LogP contribution >= 0.6 is 0 Å². The second-order valence-electron chi connectivity index (χ2n) is 5.29. The first-order valence-electron chi connectivity index (χ1n) is 5.84. The molecule has 0 aliphatic heterocycles. The fourth-order valence-electron chi connectivity index (χ4n) is 2.05. The molecule has 1 aliphatic carbocycles. The highest BCUT2D eigenvalue weighted by Gasteiger charge is 2.47. The van der Waals surface area contributed by atoms with E-state index >= 15 is 0 Å². The van der Waals surface area contributed by atoms with Crippen molar-refractivity contribution in [3.63, 3.8) is 0 Å². The second-order valence-corrected chi connectivity index (χ2v) is 5.29. The number of carboxylic acid groups (broad SMARTS) is 1. The molecule has 98 valence electrons. The van der Waals surface area contributed by atoms with Gasteiger partial charge in [-0.05, 0) is 19.4 Å². The Hall–Kier alpha value is -1.69. The predicted octanol–water partition coefficient (Wildman–Crippen LogP) is 1.05. The van der Waals surface area contributed by atoms with E-state index < -0.39 is 5.97 Å². The van der Waals surface area contributed by atoms with E-state index in [1.54, 1.807) is 6.92 Å². The number of aromatic nitrogens is 2. The SMILES string of the molecule is Cc1cc(C(=O)O)nc(NC2CC(O)C2(C)C)n1. The van der Waals surface area contributed by atoms with Crippen molar-refractivity contribution in [2.45, 2.75) is 39.3 Å². The lowest BCUT2D eigenvalue weighted by Gasteiger charge is -2.49. The van der Waals surface area contributed by atoms with Crippen molar-refractivity contribution in [2.75, 3.05) is 5.32 Å². The molecule has 1 aromatic rings. The number of aryl methyl sites for hydroxylation is 1. The Morgan fingerprint density at radius 1 is 1.50 bits per heavy atom. The Morgan fingerprint density at radius 3 is 2.67 bits per heavy atom. The van der Waals surface area contributed by atoms with Gasteiger partial charge in [-0.3, -0.25) is 0 Å². The minimum atomic E-state index is -1.07. The van der Waals surface area contributed by atoms with Crippen molar-refractivity contribution in [2.24, 2.45) is 5.41 Å². The van der Waals surface area contributed by atoms with Gasteiger partial charge in [-0.1, -0.05) is 13.8 Å². The Labute approximate surface area is 105 Å². The molecule has 2 rings (SSSR count). The molecule has 1 aromatic heterocycles. The maximum atomic E-state index is 10.9. The number of aliphatic hydroxyl groups is 1. The topological polar surface area (TPSA) is 95.3 Å². The molecule has 6 nitrogen and oxygen atoms in total. The second kappa shape index (κ2) is 4.20. The number of hydrogen-bond donors (Lipinski definition) is 3. The summed E-state index contributed by atoms with van der Waals surface area (Å²) in [7, 11) is 0. The van der Waals surface area contributed by atoms with Crippen LogP contribution < -0.4 is 5.32 Å². The van der Waals surface area contributed by atoms with Crippen LogP contribution in [0.1, 0.15) is 36.5 Å². The maximum Gasteiger partial charge on any atom is 0.354 e. The van der Waals surface area contributed by atoms with Crippen LogP contribution in [0.4, 0.5) is 5.95 Å². The number of carbonyl (C=O) groups is 1. The number of carboxylic acids is 1. The van der Waals surface area contributed by atoms with Crippen molar-refractivity contribution in [1.82, 2.24) is 9.97 Å². The smallest absolute Gasteiger partial charge is 0.354 e. The fourth-order valence-corrected chi connectivity index (χ4v) is 2.05. The number of nitrogens with one attached hydrogen (secondary N) is 1. The summed E-state index contributed by atoms with van der Waals surface area (Å²) < 4.78 is 0. The minimum absolute atomic E-state index is 0.0253. The van der Waals surface area contributed by atoms with E-state index in [2.05, 4.69) is 15.3 Å². The summed E-state index contributed by atoms with van der Waals surface area (Å²) in [6.07, 6.45) is 0.269. The average Bonchev–Trinajstić information content (AvgIpc) is 2.28. The van der Waals surface area contributed by atoms with E-state index in [1.807, 2.05) is 13.8 Å². The molecule has 0 radical (unpaired) electrons. The molecular weight excluding hydrogens is 234 g/mol. The van der Waals surface area contributed by atoms with Gasteiger partial charge in [0, 0.05) is 17.2 Å². The molecule has 18 heavy (non-hydrogen) atoms. The van der Waals surface area contributed by atoms with Crippen LogP contribution in [0.25, 0.3) is 0 Å². The van der Waals surface area contributed by atoms with Crippen molar-refractivity contribution in [3.8, 4) is 0 Å². The third-order valence-corrected chi connectivity index (χ3v) is 3.59. The lowest BCUT2D eigenvalue weighted by Crippen LogP contribution is -2.57. The Bertz CT molecular complexity index is 487. The molecule has 0 spiro atoms. The zero-order valence-corrected chi connectivity index (χ0v) is 10.6. The highest BCUT2D eigenvalue weighted by atomic mass is 16.4. The van der Waals surface area contributed by atoms with Gasteiger partial charge in [-0.15, -0.1) is 0 Å². The molecule has 1 aliphatic rings. The zero-order chi connectivity index (χ0) is 13.5. The van der Waals surface area contributed by atoms with Gasteiger partial charge in [0.1, 0.15) is 0 Å². The summed E-state index contributed by atoms with van der Waals surface area (Å²) in [6.45, 7) is 5.62. The summed E-state index contributed by atoms with van der Waals surface area (Å²) in [5.74, 6) is -0.770. The lowest BCUT2D eigenvalue weighted by molar-refractivity contribution is -0.0513. The Balaban J connectivity index is 2.18. The number of rotatable bonds is 3. The van der Waals surface area contributed by atoms with Gasteiger partial charge in [-0.2, -0.15) is 0 Å². The van der Waals surface area contributed by atoms with Gasteiger partial charge in [0.15, 0.2) is 5.69 Å². The van der Waals surface area contributed by atoms with Gasteiger partial charge >= 0.3 is 5.97 Å². The molecule has 0 aromatic carbocycles. The minimum Gasteiger partial charge on any atom is -0.477 e. The molecule has 2 atom stereocenters. The van der Waals surface area contributed by atoms with Crippen molar-refractivity contribution in [1.29, 1.82) is 0 Å². The van der Waals surface area contributed by atoms with E-state index in [4.69, 9.17) is 5.11 Å². The molecular formula is C12H17N3O3. The van der Waals surface area contributed by atoms with Crippen LogP contribution in [-0.4, -0.2) is 38.3 Å². The highest BCUT2D eigenvalue weighted by Crippen LogP contribution is 2.41. The Morgan fingerprint density at radius 2 is 2.17 bits per heavy atom. The molecule has 0 saturated heterocycles. The van der Waals surface area contributed by atoms with Crippen molar-refractivity contribution in [3.05, 3.63) is 17.5 Å². The van der Waals surface area contributed by atoms with Crippen LogP contribution in [0.5, 0.6) is 0 Å². The van der Waals surface area contributed by atoms with Crippen LogP contribution in [0, 0.1) is 12.3 Å². The number of nitrogens with zero attached hydrogens (tertiary/aromatic N) is 2. The molecule has 0 amide bonds. The van der Waals surface area contributed by atoms with Gasteiger partial charge in [0.25, 0.3) is 0 Å². The van der Waals surface area contributed by atoms with Crippen LogP contribution in [0.3, 0.4) is 0 Å². The molecule has 1 fully saturated rings. The van der Waals surface area contributed by atoms with Gasteiger partial charge < -0.3 is 15.5 Å². The summed E-state index contributed by atoms with van der Waals surface area (Å²) >= 11 is 0. The first-order chi connectivity index (χ1) is 8.30. The zero-order valence-electron chi connectivity index (χ0n) is 10.6. The molecule has 3 N–H and O–H groups in total. The lowest BCUT2D eigenvalue weighted by atomic mass is 9.65. The summed E-state index contributed by atoms with van der Waals surface area (Å²) in [5.41, 5.74) is 0.321. The molecule has 1 saturated carbocycles. The molecule has 2 unspecified atom stereocenters. The normalized spacial score (nSPS) is 25.3. The number of hydrogen-bond acceptors (Lipinski definition) is 5. The predicted molar refractivity (Wildman–Crippen MR) is 65.5 cm³/mol. The van der Waals surface area contributed by atoms with Crippen LogP contribution in [0.2, 0.25) is 0 Å². The quantitative estimate of drug-likeness (QED) is 0.743. The number of anilines is 1. The molecule has 0 bridgehead atoms. The molecule has 6 heteroatoms. The van der Waals surface area contributed by atoms with Crippen molar-refractivity contribution >= 4 is 11.9 Å². The van der Waals surface area contributed by atoms with E-state index in [-0.39, 0.29) is 23.3 Å². The Kier molecular flexibility index (Phi) is 2.98.